The SMILES string of the molecule is CCCCCCCCCCC(CCCCCCCCCC)(C(=O)[O-])C(C(=O)[O-])S(=O)(=O)O.[Na+].[Na+]. The molecule has 0 bridgehead atoms. The average molecular weight is 523 g/mol. The number of carbonyl (C=O) groups excluding carboxylic acids is 2. The van der Waals surface area contributed by atoms with Gasteiger partial charge in [0.05, 0.1) is 5.97 Å². The monoisotopic (exact) mass is 522 g/mol. The molecule has 0 radical (unpaired) electrons. The van der Waals surface area contributed by atoms with E-state index >= 15 is 0 Å². The first-order chi connectivity index (χ1) is 15.1. The maximum atomic E-state index is 12.1. The van der Waals surface area contributed by atoms with Crippen LogP contribution in [-0.4, -0.2) is 30.2 Å². The zero-order valence-corrected chi connectivity index (χ0v) is 26.9. The second kappa shape index (κ2) is 23.0. The van der Waals surface area contributed by atoms with Crippen molar-refractivity contribution in [1.29, 1.82) is 0 Å². The molecule has 190 valence electrons. The molecule has 0 fully saturated rings. The predicted octanol–water partition coefficient (Wildman–Crippen LogP) is -2.20. The molecule has 0 aromatic rings. The molecule has 0 amide bonds. The topological polar surface area (TPSA) is 135 Å². The van der Waals surface area contributed by atoms with Crippen molar-refractivity contribution in [3.63, 3.8) is 0 Å². The van der Waals surface area contributed by atoms with E-state index in [0.717, 1.165) is 64.2 Å². The van der Waals surface area contributed by atoms with Gasteiger partial charge in [-0.1, -0.05) is 117 Å². The number of hydrogen-bond acceptors (Lipinski definition) is 6. The van der Waals surface area contributed by atoms with Crippen molar-refractivity contribution < 1.29 is 91.9 Å². The first kappa shape index (κ1) is 39.4. The summed E-state index contributed by atoms with van der Waals surface area (Å²) in [6.45, 7) is 4.27. The van der Waals surface area contributed by atoms with Crippen LogP contribution in [0, 0.1) is 5.41 Å². The van der Waals surface area contributed by atoms with E-state index in [9.17, 15) is 32.8 Å². The first-order valence-electron chi connectivity index (χ1n) is 12.5. The number of carboxylic acid groups (broad SMARTS) is 2. The second-order valence-electron chi connectivity index (χ2n) is 9.11. The molecule has 0 saturated heterocycles. The molecule has 1 N–H and O–H groups in total. The Morgan fingerprint density at radius 1 is 0.676 bits per heavy atom. The Hall–Kier alpha value is 0.850. The van der Waals surface area contributed by atoms with Crippen LogP contribution in [0.5, 0.6) is 0 Å². The van der Waals surface area contributed by atoms with Gasteiger partial charge >= 0.3 is 59.1 Å². The summed E-state index contributed by atoms with van der Waals surface area (Å²) in [7, 11) is -5.16. The van der Waals surface area contributed by atoms with Crippen molar-refractivity contribution >= 4 is 22.1 Å². The smallest absolute Gasteiger partial charge is 0.549 e. The van der Waals surface area contributed by atoms with Crippen LogP contribution in [0.15, 0.2) is 0 Å². The zero-order chi connectivity index (χ0) is 24.5. The van der Waals surface area contributed by atoms with Gasteiger partial charge in [0.1, 0.15) is 5.25 Å². The van der Waals surface area contributed by atoms with Crippen molar-refractivity contribution in [2.75, 3.05) is 0 Å². The van der Waals surface area contributed by atoms with Crippen LogP contribution in [-0.2, 0) is 19.7 Å². The summed E-state index contributed by atoms with van der Waals surface area (Å²) in [5, 5.41) is 21.2. The summed E-state index contributed by atoms with van der Waals surface area (Å²) in [6, 6.07) is 0. The molecular formula is C24H44Na2O7S. The Morgan fingerprint density at radius 2 is 0.971 bits per heavy atom. The van der Waals surface area contributed by atoms with Gasteiger partial charge in [0.25, 0.3) is 10.1 Å². The molecular weight excluding hydrogens is 478 g/mol. The summed E-state index contributed by atoms with van der Waals surface area (Å²) < 4.78 is 33.2. The van der Waals surface area contributed by atoms with E-state index in [1.807, 2.05) is 0 Å². The van der Waals surface area contributed by atoms with Crippen molar-refractivity contribution in [3.8, 4) is 0 Å². The molecule has 0 saturated carbocycles. The van der Waals surface area contributed by atoms with Gasteiger partial charge in [-0.25, -0.2) is 0 Å². The molecule has 1 atom stereocenters. The summed E-state index contributed by atoms with van der Waals surface area (Å²) in [5.74, 6) is -3.83. The minimum absolute atomic E-state index is 0. The van der Waals surface area contributed by atoms with Crippen LogP contribution in [0.2, 0.25) is 0 Å². The number of unbranched alkanes of at least 4 members (excludes halogenated alkanes) is 14. The third-order valence-corrected chi connectivity index (χ3v) is 7.61. The van der Waals surface area contributed by atoms with E-state index in [1.165, 1.54) is 12.8 Å². The molecule has 0 spiro atoms. The van der Waals surface area contributed by atoms with Crippen molar-refractivity contribution in [1.82, 2.24) is 0 Å². The van der Waals surface area contributed by atoms with E-state index in [-0.39, 0.29) is 72.0 Å². The van der Waals surface area contributed by atoms with Crippen LogP contribution >= 0.6 is 0 Å². The van der Waals surface area contributed by atoms with Crippen molar-refractivity contribution in [2.45, 2.75) is 135 Å². The van der Waals surface area contributed by atoms with Gasteiger partial charge in [-0.15, -0.1) is 0 Å². The van der Waals surface area contributed by atoms with E-state index in [1.54, 1.807) is 0 Å². The molecule has 0 aromatic heterocycles. The molecule has 10 heteroatoms. The fourth-order valence-electron chi connectivity index (χ4n) is 4.48. The van der Waals surface area contributed by atoms with Crippen LogP contribution < -0.4 is 69.3 Å². The molecule has 7 nitrogen and oxygen atoms in total. The van der Waals surface area contributed by atoms with Gasteiger partial charge in [0.2, 0.25) is 0 Å². The predicted molar refractivity (Wildman–Crippen MR) is 122 cm³/mol. The Morgan fingerprint density at radius 3 is 1.21 bits per heavy atom. The fourth-order valence-corrected chi connectivity index (χ4v) is 5.62. The van der Waals surface area contributed by atoms with Gasteiger partial charge in [0.15, 0.2) is 0 Å². The summed E-state index contributed by atoms with van der Waals surface area (Å²) >= 11 is 0. The number of carbonyl (C=O) groups is 2. The Bertz CT molecular complexity index is 607. The van der Waals surface area contributed by atoms with E-state index < -0.39 is 32.7 Å². The van der Waals surface area contributed by atoms with Gasteiger partial charge < -0.3 is 19.8 Å². The Kier molecular flexibility index (Phi) is 26.6. The fraction of sp³-hybridized carbons (Fsp3) is 0.917. The molecule has 1 unspecified atom stereocenters. The molecule has 0 aliphatic heterocycles. The maximum absolute atomic E-state index is 12.1. The molecule has 0 aliphatic carbocycles. The summed E-state index contributed by atoms with van der Waals surface area (Å²) in [4.78, 5) is 23.7. The van der Waals surface area contributed by atoms with Gasteiger partial charge in [0, 0.05) is 11.4 Å². The van der Waals surface area contributed by atoms with E-state index in [0.29, 0.717) is 25.7 Å². The average Bonchev–Trinajstić information content (AvgIpc) is 2.70. The molecule has 0 rings (SSSR count). The minimum atomic E-state index is -5.16. The summed E-state index contributed by atoms with van der Waals surface area (Å²) in [6.07, 6.45) is 14.6. The second-order valence-corrected chi connectivity index (χ2v) is 10.6. The van der Waals surface area contributed by atoms with Crippen molar-refractivity contribution in [2.24, 2.45) is 5.41 Å². The molecule has 0 aromatic carbocycles. The van der Waals surface area contributed by atoms with Crippen LogP contribution in [0.3, 0.4) is 0 Å². The maximum Gasteiger partial charge on any atom is 1.00 e. The quantitative estimate of drug-likeness (QED) is 0.0969. The largest absolute Gasteiger partial charge is 1.00 e. The Labute approximate surface area is 251 Å². The van der Waals surface area contributed by atoms with Gasteiger partial charge in [-0.05, 0) is 12.8 Å². The zero-order valence-electron chi connectivity index (χ0n) is 22.1. The van der Waals surface area contributed by atoms with E-state index in [2.05, 4.69) is 13.8 Å². The first-order valence-corrected chi connectivity index (χ1v) is 14.0. The van der Waals surface area contributed by atoms with Crippen LogP contribution in [0.1, 0.15) is 129 Å². The van der Waals surface area contributed by atoms with Gasteiger partial charge in [-0.2, -0.15) is 8.42 Å². The van der Waals surface area contributed by atoms with Crippen molar-refractivity contribution in [3.05, 3.63) is 0 Å². The summed E-state index contributed by atoms with van der Waals surface area (Å²) in [5.41, 5.74) is -2.18. The van der Waals surface area contributed by atoms with Gasteiger partial charge in [-0.3, -0.25) is 4.55 Å². The minimum Gasteiger partial charge on any atom is -0.549 e. The molecule has 0 heterocycles. The van der Waals surface area contributed by atoms with E-state index in [4.69, 9.17) is 0 Å². The van der Waals surface area contributed by atoms with Crippen LogP contribution in [0.4, 0.5) is 0 Å². The number of aliphatic carboxylic acids is 2. The molecule has 0 aliphatic rings. The standard InChI is InChI=1S/C24H46O7S.2Na/c1-3-5-7-9-11-13-15-17-19-24(23(27)28,21(22(25)26)32(29,30)31)20-18-16-14-12-10-8-6-4-2;;/h21H,3-20H2,1-2H3,(H,25,26)(H,27,28)(H,29,30,31);;/q;2*+1/p-2. The normalized spacial score (nSPS) is 12.4. The molecule has 34 heavy (non-hydrogen) atoms. The number of hydrogen-bond donors (Lipinski definition) is 1. The Balaban J connectivity index is -0.00000480. The number of rotatable bonds is 22. The number of carboxylic acids is 2. The third-order valence-electron chi connectivity index (χ3n) is 6.37. The van der Waals surface area contributed by atoms with Crippen LogP contribution in [0.25, 0.3) is 0 Å². The third kappa shape index (κ3) is 16.6.